The van der Waals surface area contributed by atoms with Crippen LogP contribution in [-0.4, -0.2) is 22.5 Å². The maximum atomic E-state index is 12.5. The predicted octanol–water partition coefficient (Wildman–Crippen LogP) is 4.02. The highest BCUT2D eigenvalue weighted by Crippen LogP contribution is 2.41. The summed E-state index contributed by atoms with van der Waals surface area (Å²) in [5, 5.41) is 12.6. The highest BCUT2D eigenvalue weighted by molar-refractivity contribution is 5.88. The van der Waals surface area contributed by atoms with E-state index in [1.54, 1.807) is 0 Å². The normalized spacial score (nSPS) is 24.0. The number of carboxylic acids is 1. The molecule has 1 aromatic rings. The Morgan fingerprint density at radius 1 is 1.20 bits per heavy atom. The van der Waals surface area contributed by atoms with E-state index < -0.39 is 11.5 Å². The number of amides is 1. The Morgan fingerprint density at radius 3 is 2.28 bits per heavy atom. The van der Waals surface area contributed by atoms with E-state index in [1.807, 2.05) is 32.0 Å². The van der Waals surface area contributed by atoms with Crippen LogP contribution in [0, 0.1) is 25.2 Å². The summed E-state index contributed by atoms with van der Waals surface area (Å²) in [6, 6.07) is 5.98. The number of benzene rings is 1. The van der Waals surface area contributed by atoms with Crippen molar-refractivity contribution in [3.05, 3.63) is 34.9 Å². The molecule has 25 heavy (non-hydrogen) atoms. The van der Waals surface area contributed by atoms with Crippen molar-refractivity contribution < 1.29 is 14.7 Å². The van der Waals surface area contributed by atoms with Crippen molar-refractivity contribution in [2.75, 3.05) is 0 Å². The molecule has 4 nitrogen and oxygen atoms in total. The molecule has 0 bridgehead atoms. The van der Waals surface area contributed by atoms with Gasteiger partial charge in [-0.25, -0.2) is 4.79 Å². The van der Waals surface area contributed by atoms with Gasteiger partial charge in [0, 0.05) is 0 Å². The lowest BCUT2D eigenvalue weighted by Crippen LogP contribution is -2.57. The van der Waals surface area contributed by atoms with Crippen LogP contribution in [0.4, 0.5) is 0 Å². The Bertz CT molecular complexity index is 650. The maximum absolute atomic E-state index is 12.5. The minimum atomic E-state index is -1.11. The zero-order valence-electron chi connectivity index (χ0n) is 16.1. The second kappa shape index (κ2) is 7.19. The molecule has 1 aromatic carbocycles. The molecule has 2 rings (SSSR count). The van der Waals surface area contributed by atoms with E-state index in [4.69, 9.17) is 0 Å². The summed E-state index contributed by atoms with van der Waals surface area (Å²) in [6.45, 7) is 10.6. The summed E-state index contributed by atoms with van der Waals surface area (Å²) < 4.78 is 0. The van der Waals surface area contributed by atoms with Gasteiger partial charge in [0.1, 0.15) is 5.54 Å². The van der Waals surface area contributed by atoms with Crippen LogP contribution < -0.4 is 5.32 Å². The summed E-state index contributed by atoms with van der Waals surface area (Å²) in [7, 11) is 0. The van der Waals surface area contributed by atoms with Crippen molar-refractivity contribution in [1.29, 1.82) is 0 Å². The highest BCUT2D eigenvalue weighted by atomic mass is 16.4. The largest absolute Gasteiger partial charge is 0.480 e. The third-order valence-corrected chi connectivity index (χ3v) is 5.70. The Labute approximate surface area is 151 Å². The molecule has 0 unspecified atom stereocenters. The van der Waals surface area contributed by atoms with Gasteiger partial charge in [0.25, 0.3) is 0 Å². The molecule has 1 aliphatic rings. The fourth-order valence-corrected chi connectivity index (χ4v) is 3.90. The van der Waals surface area contributed by atoms with E-state index in [0.29, 0.717) is 18.8 Å². The Balaban J connectivity index is 2.07. The zero-order chi connectivity index (χ0) is 18.8. The Kier molecular flexibility index (Phi) is 5.60. The smallest absolute Gasteiger partial charge is 0.329 e. The molecule has 2 N–H and O–H groups in total. The molecule has 0 spiro atoms. The van der Waals surface area contributed by atoms with E-state index in [9.17, 15) is 14.7 Å². The van der Waals surface area contributed by atoms with Gasteiger partial charge >= 0.3 is 5.97 Å². The molecular formula is C21H31NO3. The number of aliphatic carboxylic acids is 1. The summed E-state index contributed by atoms with van der Waals surface area (Å²) in [4.78, 5) is 24.4. The Hall–Kier alpha value is -1.84. The maximum Gasteiger partial charge on any atom is 0.329 e. The summed E-state index contributed by atoms with van der Waals surface area (Å²) in [6.07, 6.45) is 2.90. The molecule has 1 amide bonds. The number of carbonyl (C=O) groups is 2. The van der Waals surface area contributed by atoms with Crippen molar-refractivity contribution in [1.82, 2.24) is 5.32 Å². The number of nitrogens with one attached hydrogen (secondary N) is 1. The van der Waals surface area contributed by atoms with E-state index in [1.165, 1.54) is 0 Å². The van der Waals surface area contributed by atoms with Crippen LogP contribution in [0.2, 0.25) is 0 Å². The van der Waals surface area contributed by atoms with Crippen LogP contribution >= 0.6 is 0 Å². The van der Waals surface area contributed by atoms with Crippen LogP contribution in [0.25, 0.3) is 0 Å². The van der Waals surface area contributed by atoms with Gasteiger partial charge in [-0.15, -0.1) is 0 Å². The van der Waals surface area contributed by atoms with Gasteiger partial charge in [-0.1, -0.05) is 44.5 Å². The van der Waals surface area contributed by atoms with E-state index in [-0.39, 0.29) is 17.7 Å². The van der Waals surface area contributed by atoms with Crippen LogP contribution in [0.5, 0.6) is 0 Å². The highest BCUT2D eigenvalue weighted by Gasteiger charge is 2.45. The predicted molar refractivity (Wildman–Crippen MR) is 99.5 cm³/mol. The molecule has 1 fully saturated rings. The van der Waals surface area contributed by atoms with Crippen molar-refractivity contribution >= 4 is 11.9 Å². The molecular weight excluding hydrogens is 314 g/mol. The standard InChI is InChI=1S/C21H31NO3/c1-14-6-7-16(15(2)12-14)13-18(23)22-21(19(24)25)10-8-17(9-11-21)20(3,4)5/h6-7,12,17H,8-11,13H2,1-5H3,(H,22,23)(H,24,25). The second-order valence-electron chi connectivity index (χ2n) is 8.68. The SMILES string of the molecule is Cc1ccc(CC(=O)NC2(C(=O)O)CCC(C(C)(C)C)CC2)c(C)c1. The fourth-order valence-electron chi connectivity index (χ4n) is 3.90. The van der Waals surface area contributed by atoms with Gasteiger partial charge < -0.3 is 10.4 Å². The lowest BCUT2D eigenvalue weighted by atomic mass is 9.67. The number of hydrogen-bond donors (Lipinski definition) is 2. The number of carbonyl (C=O) groups excluding carboxylic acids is 1. The van der Waals surface area contributed by atoms with Gasteiger partial charge in [0.15, 0.2) is 0 Å². The van der Waals surface area contributed by atoms with Gasteiger partial charge in [0.2, 0.25) is 5.91 Å². The Morgan fingerprint density at radius 2 is 1.80 bits per heavy atom. The first kappa shape index (κ1) is 19.5. The van der Waals surface area contributed by atoms with Crippen LogP contribution in [0.1, 0.15) is 63.1 Å². The number of carboxylic acid groups (broad SMARTS) is 1. The summed E-state index contributed by atoms with van der Waals surface area (Å²) in [5.74, 6) is -0.617. The van der Waals surface area contributed by atoms with E-state index in [2.05, 4.69) is 26.1 Å². The molecule has 0 radical (unpaired) electrons. The molecule has 0 saturated heterocycles. The molecule has 0 atom stereocenters. The van der Waals surface area contributed by atoms with E-state index in [0.717, 1.165) is 29.5 Å². The molecule has 1 aliphatic carbocycles. The second-order valence-corrected chi connectivity index (χ2v) is 8.68. The third kappa shape index (κ3) is 4.62. The molecule has 0 aromatic heterocycles. The van der Waals surface area contributed by atoms with Crippen molar-refractivity contribution in [3.8, 4) is 0 Å². The van der Waals surface area contributed by atoms with Crippen LogP contribution in [0.15, 0.2) is 18.2 Å². The fraction of sp³-hybridized carbons (Fsp3) is 0.619. The minimum Gasteiger partial charge on any atom is -0.480 e. The van der Waals surface area contributed by atoms with Gasteiger partial charge in [-0.2, -0.15) is 0 Å². The lowest BCUT2D eigenvalue weighted by Gasteiger charge is -2.42. The van der Waals surface area contributed by atoms with Crippen LogP contribution in [0.3, 0.4) is 0 Å². The zero-order valence-corrected chi connectivity index (χ0v) is 16.1. The van der Waals surface area contributed by atoms with E-state index >= 15 is 0 Å². The van der Waals surface area contributed by atoms with Crippen LogP contribution in [-0.2, 0) is 16.0 Å². The molecule has 4 heteroatoms. The number of rotatable bonds is 4. The molecule has 0 aliphatic heterocycles. The molecule has 138 valence electrons. The molecule has 0 heterocycles. The number of hydrogen-bond acceptors (Lipinski definition) is 2. The monoisotopic (exact) mass is 345 g/mol. The van der Waals surface area contributed by atoms with Crippen molar-refractivity contribution in [2.24, 2.45) is 11.3 Å². The first-order valence-corrected chi connectivity index (χ1v) is 9.14. The van der Waals surface area contributed by atoms with Gasteiger partial charge in [-0.05, 0) is 62.0 Å². The average molecular weight is 345 g/mol. The van der Waals surface area contributed by atoms with Crippen molar-refractivity contribution in [2.45, 2.75) is 72.3 Å². The first-order valence-electron chi connectivity index (χ1n) is 9.14. The minimum absolute atomic E-state index is 0.174. The third-order valence-electron chi connectivity index (χ3n) is 5.70. The van der Waals surface area contributed by atoms with Gasteiger partial charge in [-0.3, -0.25) is 4.79 Å². The molecule has 1 saturated carbocycles. The quantitative estimate of drug-likeness (QED) is 0.866. The van der Waals surface area contributed by atoms with Crippen molar-refractivity contribution in [3.63, 3.8) is 0 Å². The average Bonchev–Trinajstić information content (AvgIpc) is 2.49. The van der Waals surface area contributed by atoms with Gasteiger partial charge in [0.05, 0.1) is 6.42 Å². The number of aryl methyl sites for hydroxylation is 2. The first-order chi connectivity index (χ1) is 11.5. The summed E-state index contributed by atoms with van der Waals surface area (Å²) in [5.41, 5.74) is 2.23. The topological polar surface area (TPSA) is 66.4 Å². The summed E-state index contributed by atoms with van der Waals surface area (Å²) >= 11 is 0. The lowest BCUT2D eigenvalue weighted by molar-refractivity contribution is -0.150.